The van der Waals surface area contributed by atoms with Crippen LogP contribution >= 0.6 is 0 Å². The monoisotopic (exact) mass is 637 g/mol. The predicted octanol–water partition coefficient (Wildman–Crippen LogP) is 11.1. The Hall–Kier alpha value is -6.65. The van der Waals surface area contributed by atoms with Crippen LogP contribution in [-0.2, 0) is 5.41 Å². The van der Waals surface area contributed by atoms with Gasteiger partial charge in [-0.15, -0.1) is 0 Å². The zero-order valence-corrected chi connectivity index (χ0v) is 26.8. The molecule has 0 radical (unpaired) electrons. The van der Waals surface area contributed by atoms with Crippen LogP contribution in [0.3, 0.4) is 0 Å². The number of nitrogens with zero attached hydrogens (tertiary/aromatic N) is 3. The van der Waals surface area contributed by atoms with Gasteiger partial charge in [0, 0.05) is 27.6 Å². The summed E-state index contributed by atoms with van der Waals surface area (Å²) >= 11 is 0. The molecule has 0 saturated carbocycles. The van der Waals surface area contributed by atoms with Crippen molar-refractivity contribution in [3.8, 4) is 56.4 Å². The summed E-state index contributed by atoms with van der Waals surface area (Å²) in [5, 5.41) is 3.39. The Bertz CT molecular complexity index is 2830. The third-order valence-electron chi connectivity index (χ3n) is 10.5. The Balaban J connectivity index is 1.20. The Labute approximate surface area is 288 Å². The third kappa shape index (κ3) is 3.62. The van der Waals surface area contributed by atoms with Gasteiger partial charge in [-0.1, -0.05) is 152 Å². The zero-order valence-electron chi connectivity index (χ0n) is 26.8. The Morgan fingerprint density at radius 2 is 1.00 bits per heavy atom. The number of aromatic nitrogens is 3. The Morgan fingerprint density at radius 3 is 1.86 bits per heavy atom. The van der Waals surface area contributed by atoms with E-state index in [0.29, 0.717) is 17.5 Å². The lowest BCUT2D eigenvalue weighted by Gasteiger charge is -2.28. The van der Waals surface area contributed by atoms with Crippen LogP contribution in [0.25, 0.3) is 78.2 Å². The number of para-hydroxylation sites is 1. The van der Waals surface area contributed by atoms with E-state index in [1.807, 2.05) is 24.3 Å². The minimum absolute atomic E-state index is 0.624. The van der Waals surface area contributed by atoms with Gasteiger partial charge in [0.1, 0.15) is 16.8 Å². The summed E-state index contributed by atoms with van der Waals surface area (Å²) in [6, 6.07) is 57.5. The molecule has 1 spiro atoms. The second kappa shape index (κ2) is 10.2. The van der Waals surface area contributed by atoms with E-state index < -0.39 is 5.41 Å². The van der Waals surface area contributed by atoms with Crippen molar-refractivity contribution in [3.63, 3.8) is 0 Å². The van der Waals surface area contributed by atoms with Crippen LogP contribution in [-0.4, -0.2) is 15.0 Å². The topological polar surface area (TPSA) is 51.8 Å². The van der Waals surface area contributed by atoms with Crippen LogP contribution in [0.4, 0.5) is 0 Å². The molecule has 1 atom stereocenters. The lowest BCUT2D eigenvalue weighted by molar-refractivity contribution is 0.507. The van der Waals surface area contributed by atoms with Gasteiger partial charge in [-0.05, 0) is 56.3 Å². The average Bonchev–Trinajstić information content (AvgIpc) is 3.81. The fourth-order valence-corrected chi connectivity index (χ4v) is 8.44. The van der Waals surface area contributed by atoms with Gasteiger partial charge in [0.15, 0.2) is 17.5 Å². The Morgan fingerprint density at radius 1 is 0.400 bits per heavy atom. The van der Waals surface area contributed by atoms with Crippen molar-refractivity contribution < 1.29 is 4.42 Å². The van der Waals surface area contributed by atoms with Crippen molar-refractivity contribution in [2.75, 3.05) is 0 Å². The van der Waals surface area contributed by atoms with E-state index in [1.54, 1.807) is 0 Å². The number of benzene rings is 7. The smallest absolute Gasteiger partial charge is 0.164 e. The van der Waals surface area contributed by atoms with Crippen LogP contribution in [0.1, 0.15) is 22.5 Å². The molecule has 9 aromatic rings. The van der Waals surface area contributed by atoms with Crippen molar-refractivity contribution >= 4 is 21.7 Å². The predicted molar refractivity (Wildman–Crippen MR) is 200 cm³/mol. The fourth-order valence-electron chi connectivity index (χ4n) is 8.44. The molecule has 1 unspecified atom stereocenters. The van der Waals surface area contributed by atoms with Crippen molar-refractivity contribution in [1.82, 2.24) is 15.0 Å². The van der Waals surface area contributed by atoms with Gasteiger partial charge in [-0.25, -0.2) is 15.0 Å². The molecule has 4 heteroatoms. The first kappa shape index (κ1) is 27.3. The molecule has 4 nitrogen and oxygen atoms in total. The van der Waals surface area contributed by atoms with Crippen LogP contribution in [0, 0.1) is 0 Å². The van der Waals surface area contributed by atoms with Crippen LogP contribution < -0.4 is 0 Å². The lowest BCUT2D eigenvalue weighted by atomic mass is 9.73. The van der Waals surface area contributed by atoms with E-state index in [-0.39, 0.29) is 0 Å². The van der Waals surface area contributed by atoms with Gasteiger partial charge in [-0.2, -0.15) is 0 Å². The van der Waals surface area contributed by atoms with Crippen LogP contribution in [0.2, 0.25) is 0 Å². The molecule has 0 saturated heterocycles. The van der Waals surface area contributed by atoms with Gasteiger partial charge in [0.05, 0.1) is 0 Å². The molecule has 0 bridgehead atoms. The van der Waals surface area contributed by atoms with Crippen molar-refractivity contribution in [1.29, 1.82) is 0 Å². The first-order valence-electron chi connectivity index (χ1n) is 17.0. The minimum atomic E-state index is -0.624. The molecular formula is C46H27N3O. The first-order valence-corrected chi connectivity index (χ1v) is 17.0. The maximum absolute atomic E-state index is 6.94. The number of hydrogen-bond donors (Lipinski definition) is 0. The standard InChI is InChI=1S/C46H27N3O/c1-2-14-29(15-3-1)43-47-44(49-45(48-43)34-21-12-16-28-13-4-5-17-31(28)34)30-25-26-33-32-18-6-9-22-37(32)46(39(33)27-30)38-23-10-7-19-35(38)41-36-20-8-11-24-40(36)50-42(41)46/h1-27H. The fraction of sp³-hybridized carbons (Fsp3) is 0.0217. The van der Waals surface area contributed by atoms with Gasteiger partial charge in [0.25, 0.3) is 0 Å². The SMILES string of the molecule is c1ccc(-c2nc(-c3ccc4c(c3)C3(c5ccccc5-4)c4ccccc4-c4c3oc3ccccc43)nc(-c3cccc4ccccc34)n2)cc1. The molecule has 232 valence electrons. The molecule has 0 N–H and O–H groups in total. The highest BCUT2D eigenvalue weighted by molar-refractivity contribution is 6.04. The van der Waals surface area contributed by atoms with Gasteiger partial charge < -0.3 is 4.42 Å². The van der Waals surface area contributed by atoms with E-state index in [1.165, 1.54) is 38.9 Å². The summed E-state index contributed by atoms with van der Waals surface area (Å²) in [4.78, 5) is 15.4. The van der Waals surface area contributed by atoms with Crippen LogP contribution in [0.5, 0.6) is 0 Å². The normalized spacial score (nSPS) is 15.3. The second-order valence-electron chi connectivity index (χ2n) is 13.1. The number of hydrogen-bond acceptors (Lipinski definition) is 4. The Kier molecular flexibility index (Phi) is 5.56. The van der Waals surface area contributed by atoms with Crippen molar-refractivity contribution in [3.05, 3.63) is 186 Å². The molecule has 0 amide bonds. The molecule has 2 heterocycles. The van der Waals surface area contributed by atoms with Crippen LogP contribution in [0.15, 0.2) is 168 Å². The van der Waals surface area contributed by atoms with E-state index in [0.717, 1.165) is 44.2 Å². The highest BCUT2D eigenvalue weighted by Crippen LogP contribution is 2.64. The van der Waals surface area contributed by atoms with E-state index in [9.17, 15) is 0 Å². The number of furan rings is 1. The largest absolute Gasteiger partial charge is 0.459 e. The minimum Gasteiger partial charge on any atom is -0.459 e. The molecule has 7 aromatic carbocycles. The quantitative estimate of drug-likeness (QED) is 0.193. The summed E-state index contributed by atoms with van der Waals surface area (Å²) in [7, 11) is 0. The van der Waals surface area contributed by atoms with Gasteiger partial charge in [0.2, 0.25) is 0 Å². The highest BCUT2D eigenvalue weighted by atomic mass is 16.3. The summed E-state index contributed by atoms with van der Waals surface area (Å²) in [6.45, 7) is 0. The van der Waals surface area contributed by atoms with E-state index in [2.05, 4.69) is 140 Å². The maximum atomic E-state index is 6.94. The van der Waals surface area contributed by atoms with Crippen molar-refractivity contribution in [2.45, 2.75) is 5.41 Å². The summed E-state index contributed by atoms with van der Waals surface area (Å²) in [6.07, 6.45) is 0. The van der Waals surface area contributed by atoms with E-state index >= 15 is 0 Å². The number of rotatable bonds is 3. The summed E-state index contributed by atoms with van der Waals surface area (Å²) < 4.78 is 6.94. The lowest BCUT2D eigenvalue weighted by Crippen LogP contribution is -2.25. The van der Waals surface area contributed by atoms with Gasteiger partial charge in [-0.3, -0.25) is 0 Å². The van der Waals surface area contributed by atoms with Crippen molar-refractivity contribution in [2.24, 2.45) is 0 Å². The third-order valence-corrected chi connectivity index (χ3v) is 10.5. The molecule has 0 fully saturated rings. The first-order chi connectivity index (χ1) is 24.8. The van der Waals surface area contributed by atoms with E-state index in [4.69, 9.17) is 19.4 Å². The zero-order chi connectivity index (χ0) is 32.8. The molecule has 2 aromatic heterocycles. The molecule has 50 heavy (non-hydrogen) atoms. The summed E-state index contributed by atoms with van der Waals surface area (Å²) in [5.41, 5.74) is 11.6. The maximum Gasteiger partial charge on any atom is 0.164 e. The average molecular weight is 638 g/mol. The number of fused-ring (bicyclic) bond motifs is 13. The summed E-state index contributed by atoms with van der Waals surface area (Å²) in [5.74, 6) is 2.89. The molecule has 2 aliphatic rings. The second-order valence-corrected chi connectivity index (χ2v) is 13.1. The molecule has 2 aliphatic carbocycles. The molecule has 0 aliphatic heterocycles. The van der Waals surface area contributed by atoms with Gasteiger partial charge >= 0.3 is 0 Å². The highest BCUT2D eigenvalue weighted by Gasteiger charge is 2.55. The molecular weight excluding hydrogens is 611 g/mol. The molecule has 11 rings (SSSR count).